The molecule has 4 heterocycles. The van der Waals surface area contributed by atoms with Crippen molar-refractivity contribution in [2.24, 2.45) is 4.99 Å². The van der Waals surface area contributed by atoms with Crippen LogP contribution < -0.4 is 29.2 Å². The van der Waals surface area contributed by atoms with E-state index in [2.05, 4.69) is 30.0 Å². The zero-order chi connectivity index (χ0) is 38.9. The Bertz CT molecular complexity index is 2220. The van der Waals surface area contributed by atoms with Crippen LogP contribution in [0.25, 0.3) is 0 Å². The Labute approximate surface area is 315 Å². The van der Waals surface area contributed by atoms with Crippen molar-refractivity contribution in [3.63, 3.8) is 0 Å². The second-order valence-electron chi connectivity index (χ2n) is 10.7. The molecule has 0 saturated heterocycles. The van der Waals surface area contributed by atoms with E-state index in [1.807, 2.05) is 0 Å². The largest absolute Gasteiger partial charge is 0.481 e. The van der Waals surface area contributed by atoms with E-state index in [9.17, 15) is 32.0 Å². The minimum Gasteiger partial charge on any atom is -0.481 e. The number of nitrogens with zero attached hydrogens (tertiary/aromatic N) is 7. The molecule has 284 valence electrons. The molecule has 3 aromatic heterocycles. The summed E-state index contributed by atoms with van der Waals surface area (Å²) in [4.78, 5) is 65.4. The number of ether oxygens (including phenoxy) is 3. The van der Waals surface area contributed by atoms with Gasteiger partial charge in [0.05, 0.1) is 43.7 Å². The van der Waals surface area contributed by atoms with E-state index >= 15 is 0 Å². The number of nitrogens with one attached hydrogen (secondary N) is 2. The lowest BCUT2D eigenvalue weighted by Gasteiger charge is -2.15. The number of benzene rings is 1. The number of carbonyl (C=O) groups is 3. The van der Waals surface area contributed by atoms with Gasteiger partial charge in [0.25, 0.3) is 15.9 Å². The molecule has 3 amide bonds. The number of pyridine rings is 1. The minimum atomic E-state index is -4.46. The lowest BCUT2D eigenvalue weighted by Crippen LogP contribution is -2.36. The number of carbonyl (C=O) groups excluding carboxylic acids is 3. The number of thioether (sulfide) groups is 1. The zero-order valence-electron chi connectivity index (χ0n) is 28.8. The molecule has 4 aromatic rings. The van der Waals surface area contributed by atoms with Gasteiger partial charge in [0, 0.05) is 38.3 Å². The molecule has 0 saturated carbocycles. The van der Waals surface area contributed by atoms with Gasteiger partial charge in [0.15, 0.2) is 5.03 Å². The first-order valence-electron chi connectivity index (χ1n) is 15.2. The molecule has 5 rings (SSSR count). The molecule has 0 aliphatic carbocycles. The highest BCUT2D eigenvalue weighted by Crippen LogP contribution is 2.33. The van der Waals surface area contributed by atoms with Crippen LogP contribution in [0, 0.1) is 5.82 Å². The van der Waals surface area contributed by atoms with Gasteiger partial charge in [-0.2, -0.15) is 18.4 Å². The number of amides is 3. The van der Waals surface area contributed by atoms with E-state index in [0.29, 0.717) is 22.8 Å². The Balaban J connectivity index is 0.000000238. The molecule has 0 unspecified atom stereocenters. The summed E-state index contributed by atoms with van der Waals surface area (Å²) in [7, 11) is 2.45. The molecule has 0 radical (unpaired) electrons. The van der Waals surface area contributed by atoms with E-state index < -0.39 is 38.8 Å². The van der Waals surface area contributed by atoms with Gasteiger partial charge >= 0.3 is 16.9 Å². The molecule has 1 aromatic carbocycles. The van der Waals surface area contributed by atoms with Crippen molar-refractivity contribution in [2.75, 3.05) is 46.5 Å². The van der Waals surface area contributed by atoms with Crippen LogP contribution in [-0.2, 0) is 32.6 Å². The van der Waals surface area contributed by atoms with Crippen LogP contribution in [0.3, 0.4) is 0 Å². The Kier molecular flexibility index (Phi) is 13.9. The number of halogens is 2. The fraction of sp³-hybridized carbons (Fsp3) is 0.333. The summed E-state index contributed by atoms with van der Waals surface area (Å²) in [6.07, 6.45) is 3.08. The number of hydrogen-bond donors (Lipinski definition) is 2. The van der Waals surface area contributed by atoms with Crippen molar-refractivity contribution in [3.8, 4) is 11.8 Å². The minimum absolute atomic E-state index is 0.0605. The number of hydrogen-bond acceptors (Lipinski definition) is 15. The standard InChI is InChI=1S/C15H15ClFN3O3S2.C15H18N6O6S/c1-23-13(21)8-24-12-7-11(10(17)6-9(12)16)18-14-19-4-2-3-5-20(19)15(22)25-14;1-21(2)13(22)9-6-5-7-16-12(9)28(24,25)20-15(23)19-14-17-10(26-3)8-11(18-14)27-4/h6-7H,2-5,8H2,1H3;5-8H,1-4H3,(H2,17,18,19,20,23). The third kappa shape index (κ3) is 10.5. The zero-order valence-corrected chi connectivity index (χ0v) is 32.0. The van der Waals surface area contributed by atoms with Crippen molar-refractivity contribution in [2.45, 2.75) is 35.9 Å². The first kappa shape index (κ1) is 40.7. The van der Waals surface area contributed by atoms with Crippen LogP contribution in [0.2, 0.25) is 5.02 Å². The van der Waals surface area contributed by atoms with Gasteiger partial charge in [-0.1, -0.05) is 11.6 Å². The number of fused-ring (bicyclic) bond motifs is 1. The van der Waals surface area contributed by atoms with E-state index in [4.69, 9.17) is 21.1 Å². The number of urea groups is 1. The van der Waals surface area contributed by atoms with E-state index in [1.165, 1.54) is 70.8 Å². The summed E-state index contributed by atoms with van der Waals surface area (Å²) in [5, 5.41) is 1.76. The molecule has 18 nitrogen and oxygen atoms in total. The van der Waals surface area contributed by atoms with Gasteiger partial charge in [-0.15, -0.1) is 11.8 Å². The maximum absolute atomic E-state index is 14.3. The van der Waals surface area contributed by atoms with E-state index in [0.717, 1.165) is 42.0 Å². The van der Waals surface area contributed by atoms with Crippen LogP contribution in [0.1, 0.15) is 23.2 Å². The highest BCUT2D eigenvalue weighted by molar-refractivity contribution is 8.00. The van der Waals surface area contributed by atoms with Gasteiger partial charge in [-0.25, -0.2) is 28.6 Å². The number of rotatable bonds is 10. The molecule has 1 aliphatic rings. The van der Waals surface area contributed by atoms with Crippen molar-refractivity contribution >= 4 is 74.3 Å². The van der Waals surface area contributed by atoms with Gasteiger partial charge < -0.3 is 19.1 Å². The Morgan fingerprint density at radius 3 is 2.36 bits per heavy atom. The number of esters is 1. The third-order valence-electron chi connectivity index (χ3n) is 6.89. The van der Waals surface area contributed by atoms with Crippen LogP contribution in [-0.4, -0.2) is 96.7 Å². The maximum atomic E-state index is 14.3. The number of anilines is 1. The van der Waals surface area contributed by atoms with Crippen LogP contribution in [0.5, 0.6) is 11.8 Å². The Morgan fingerprint density at radius 2 is 1.74 bits per heavy atom. The fourth-order valence-electron chi connectivity index (χ4n) is 4.41. The molecule has 0 fully saturated rings. The van der Waals surface area contributed by atoms with E-state index in [1.54, 1.807) is 14.1 Å². The first-order valence-corrected chi connectivity index (χ1v) is 18.8. The fourth-order valence-corrected chi connectivity index (χ4v) is 7.43. The summed E-state index contributed by atoms with van der Waals surface area (Å²) in [5.74, 6) is -1.58. The van der Waals surface area contributed by atoms with Gasteiger partial charge in [0.2, 0.25) is 22.5 Å². The molecule has 2 N–H and O–H groups in total. The van der Waals surface area contributed by atoms with Gasteiger partial charge in [0.1, 0.15) is 11.5 Å². The summed E-state index contributed by atoms with van der Waals surface area (Å²) in [5.41, 5.74) is -0.105. The third-order valence-corrected chi connectivity index (χ3v) is 10.5. The molecular formula is C30H33ClFN9O9S3. The van der Waals surface area contributed by atoms with Gasteiger partial charge in [-0.3, -0.25) is 24.4 Å². The molecule has 53 heavy (non-hydrogen) atoms. The number of aromatic nitrogens is 5. The van der Waals surface area contributed by atoms with Crippen molar-refractivity contribution in [1.29, 1.82) is 0 Å². The van der Waals surface area contributed by atoms with Gasteiger partial charge in [-0.05, 0) is 48.4 Å². The molecular weight excluding hydrogens is 781 g/mol. The number of sulfonamides is 1. The molecule has 23 heteroatoms. The SMILES string of the molecule is COC(=O)CSc1cc(N=c2sc(=O)n3n2CCCC3)c(F)cc1Cl.COc1cc(OC)nc(NC(=O)NS(=O)(=O)c2ncccc2C(=O)N(C)C)n1. The molecule has 0 spiro atoms. The molecule has 0 bridgehead atoms. The average molecular weight is 814 g/mol. The topological polar surface area (TPSA) is 218 Å². The summed E-state index contributed by atoms with van der Waals surface area (Å²) in [6.45, 7) is 1.32. The molecule has 0 atom stereocenters. The Hall–Kier alpha value is -5.06. The second-order valence-corrected chi connectivity index (χ2v) is 14.6. The Morgan fingerprint density at radius 1 is 1.08 bits per heavy atom. The smallest absolute Gasteiger partial charge is 0.335 e. The monoisotopic (exact) mass is 813 g/mol. The van der Waals surface area contributed by atoms with E-state index in [-0.39, 0.29) is 44.6 Å². The lowest BCUT2D eigenvalue weighted by molar-refractivity contribution is -0.137. The predicted octanol–water partition coefficient (Wildman–Crippen LogP) is 2.90. The average Bonchev–Trinajstić information content (AvgIpc) is 3.45. The van der Waals surface area contributed by atoms with Crippen molar-refractivity contribution in [1.82, 2.24) is 33.9 Å². The summed E-state index contributed by atoms with van der Waals surface area (Å²) < 4.78 is 59.0. The van der Waals surface area contributed by atoms with Crippen LogP contribution >= 0.6 is 34.7 Å². The quantitative estimate of drug-likeness (QED) is 0.174. The predicted molar refractivity (Wildman–Crippen MR) is 192 cm³/mol. The van der Waals surface area contributed by atoms with Crippen LogP contribution in [0.15, 0.2) is 56.2 Å². The van der Waals surface area contributed by atoms with Crippen LogP contribution in [0.4, 0.5) is 20.8 Å². The summed E-state index contributed by atoms with van der Waals surface area (Å²) >= 11 is 8.17. The maximum Gasteiger partial charge on any atom is 0.335 e. The second kappa shape index (κ2) is 18.1. The van der Waals surface area contributed by atoms with Crippen molar-refractivity contribution in [3.05, 3.63) is 67.4 Å². The van der Waals surface area contributed by atoms with Crippen molar-refractivity contribution < 1.29 is 41.4 Å². The normalized spacial score (nSPS) is 12.5. The highest BCUT2D eigenvalue weighted by atomic mass is 35.5. The highest BCUT2D eigenvalue weighted by Gasteiger charge is 2.27. The first-order chi connectivity index (χ1) is 25.2. The molecule has 1 aliphatic heterocycles. The summed E-state index contributed by atoms with van der Waals surface area (Å²) in [6, 6.07) is 5.55. The number of methoxy groups -OCH3 is 3. The lowest BCUT2D eigenvalue weighted by atomic mass is 10.2.